The van der Waals surface area contributed by atoms with Crippen molar-refractivity contribution in [3.8, 4) is 12.3 Å². The van der Waals surface area contributed by atoms with Crippen molar-refractivity contribution in [3.63, 3.8) is 0 Å². The highest BCUT2D eigenvalue weighted by Gasteiger charge is 2.37. The van der Waals surface area contributed by atoms with E-state index in [4.69, 9.17) is 26.7 Å². The van der Waals surface area contributed by atoms with Gasteiger partial charge in [-0.3, -0.25) is 9.05 Å². The molecule has 0 amide bonds. The maximum Gasteiger partial charge on any atom is 0.424 e. The minimum absolute atomic E-state index is 0.252. The molecule has 0 aliphatic carbocycles. The monoisotopic (exact) mass is 208 g/mol. The van der Waals surface area contributed by atoms with E-state index in [1.165, 1.54) is 0 Å². The minimum atomic E-state index is -3.29. The van der Waals surface area contributed by atoms with E-state index in [1.54, 1.807) is 0 Å². The Bertz CT molecular complexity index is 246. The molecule has 0 radical (unpaired) electrons. The summed E-state index contributed by atoms with van der Waals surface area (Å²) in [4.78, 5) is 0. The zero-order valence-corrected chi connectivity index (χ0v) is 8.40. The lowest BCUT2D eigenvalue weighted by molar-refractivity contribution is 0.0400. The Morgan fingerprint density at radius 2 is 2.17 bits per heavy atom. The Morgan fingerprint density at radius 1 is 1.67 bits per heavy atom. The fourth-order valence-electron chi connectivity index (χ4n) is 0.893. The molecule has 1 saturated heterocycles. The third-order valence-electron chi connectivity index (χ3n) is 1.66. The highest BCUT2D eigenvalue weighted by atomic mass is 35.7. The maximum atomic E-state index is 11.0. The van der Waals surface area contributed by atoms with E-state index in [0.717, 1.165) is 0 Å². The fraction of sp³-hybridized carbons (Fsp3) is 0.714. The molecular weight excluding hydrogens is 199 g/mol. The first-order valence-corrected chi connectivity index (χ1v) is 5.94. The zero-order chi connectivity index (χ0) is 9.24. The Hall–Kier alpha value is -0.0000000000000000208. The minimum Gasteiger partial charge on any atom is -0.296 e. The van der Waals surface area contributed by atoms with Crippen LogP contribution in [-0.2, 0) is 13.6 Å². The molecule has 3 nitrogen and oxygen atoms in total. The molecule has 1 rings (SSSR count). The first-order valence-electron chi connectivity index (χ1n) is 3.50. The largest absolute Gasteiger partial charge is 0.424 e. The molecular formula is C7H10ClO3P. The standard InChI is InChI=1S/C7H10ClO3P/c1-3-4-7(2)5-10-12(8,9)11-6-7/h1H,4-6H2,2H3. The predicted molar refractivity (Wildman–Crippen MR) is 46.9 cm³/mol. The molecule has 0 aromatic carbocycles. The van der Waals surface area contributed by atoms with Gasteiger partial charge in [-0.25, -0.2) is 4.57 Å². The van der Waals surface area contributed by atoms with Gasteiger partial charge in [0, 0.05) is 23.1 Å². The third-order valence-corrected chi connectivity index (χ3v) is 3.12. The fourth-order valence-corrected chi connectivity index (χ4v) is 2.19. The van der Waals surface area contributed by atoms with Gasteiger partial charge in [0.05, 0.1) is 13.2 Å². The lowest BCUT2D eigenvalue weighted by Crippen LogP contribution is -2.31. The molecule has 68 valence electrons. The molecule has 0 spiro atoms. The van der Waals surface area contributed by atoms with E-state index < -0.39 is 6.95 Å². The van der Waals surface area contributed by atoms with Crippen molar-refractivity contribution in [1.82, 2.24) is 0 Å². The molecule has 0 saturated carbocycles. The van der Waals surface area contributed by atoms with Crippen LogP contribution in [0.5, 0.6) is 0 Å². The molecule has 1 aliphatic heterocycles. The lowest BCUT2D eigenvalue weighted by Gasteiger charge is -2.32. The number of rotatable bonds is 1. The average Bonchev–Trinajstić information content (AvgIpc) is 1.98. The van der Waals surface area contributed by atoms with Gasteiger partial charge in [0.2, 0.25) is 0 Å². The number of hydrogen-bond donors (Lipinski definition) is 0. The Balaban J connectivity index is 2.56. The van der Waals surface area contributed by atoms with E-state index in [1.807, 2.05) is 6.92 Å². The van der Waals surface area contributed by atoms with Crippen LogP contribution in [0.3, 0.4) is 0 Å². The predicted octanol–water partition coefficient (Wildman–Crippen LogP) is 2.41. The summed E-state index contributed by atoms with van der Waals surface area (Å²) in [5.41, 5.74) is -0.252. The van der Waals surface area contributed by atoms with Crippen molar-refractivity contribution in [1.29, 1.82) is 0 Å². The molecule has 1 aliphatic rings. The highest BCUT2D eigenvalue weighted by Crippen LogP contribution is 2.58. The number of terminal acetylenes is 1. The normalized spacial score (nSPS) is 42.1. The van der Waals surface area contributed by atoms with Crippen molar-refractivity contribution in [2.75, 3.05) is 13.2 Å². The first-order chi connectivity index (χ1) is 5.47. The van der Waals surface area contributed by atoms with Crippen LogP contribution in [-0.4, -0.2) is 13.2 Å². The Labute approximate surface area is 76.7 Å². The number of hydrogen-bond acceptors (Lipinski definition) is 3. The molecule has 12 heavy (non-hydrogen) atoms. The first kappa shape index (κ1) is 10.1. The van der Waals surface area contributed by atoms with Crippen molar-refractivity contribution < 1.29 is 13.6 Å². The van der Waals surface area contributed by atoms with Gasteiger partial charge >= 0.3 is 6.95 Å². The van der Waals surface area contributed by atoms with Crippen LogP contribution in [0, 0.1) is 17.8 Å². The third kappa shape index (κ3) is 2.50. The van der Waals surface area contributed by atoms with Gasteiger partial charge in [-0.2, -0.15) is 0 Å². The molecule has 1 heterocycles. The summed E-state index contributed by atoms with van der Waals surface area (Å²) in [7, 11) is 0. The van der Waals surface area contributed by atoms with Gasteiger partial charge in [0.25, 0.3) is 0 Å². The van der Waals surface area contributed by atoms with Gasteiger partial charge in [0.1, 0.15) is 0 Å². The summed E-state index contributed by atoms with van der Waals surface area (Å²) in [5, 5.41) is 0. The Morgan fingerprint density at radius 3 is 2.58 bits per heavy atom. The average molecular weight is 209 g/mol. The molecule has 5 heteroatoms. The Kier molecular flexibility index (Phi) is 2.85. The van der Waals surface area contributed by atoms with Crippen LogP contribution in [0.15, 0.2) is 0 Å². The van der Waals surface area contributed by atoms with E-state index in [9.17, 15) is 4.57 Å². The molecule has 1 fully saturated rings. The summed E-state index contributed by atoms with van der Waals surface area (Å²) in [6, 6.07) is 0. The maximum absolute atomic E-state index is 11.0. The summed E-state index contributed by atoms with van der Waals surface area (Å²) in [5.74, 6) is 2.51. The second-order valence-corrected chi connectivity index (χ2v) is 5.79. The zero-order valence-electron chi connectivity index (χ0n) is 6.75. The van der Waals surface area contributed by atoms with Gasteiger partial charge in [-0.15, -0.1) is 12.3 Å². The molecule has 0 aromatic heterocycles. The van der Waals surface area contributed by atoms with Crippen molar-refractivity contribution in [2.24, 2.45) is 5.41 Å². The van der Waals surface area contributed by atoms with Gasteiger partial charge < -0.3 is 0 Å². The summed E-state index contributed by atoms with van der Waals surface area (Å²) in [6.45, 7) is -0.802. The van der Waals surface area contributed by atoms with Crippen LogP contribution >= 0.6 is 18.2 Å². The molecule has 0 unspecified atom stereocenters. The number of halogens is 1. The second kappa shape index (κ2) is 3.40. The van der Waals surface area contributed by atoms with E-state index in [-0.39, 0.29) is 18.6 Å². The van der Waals surface area contributed by atoms with Crippen molar-refractivity contribution in [3.05, 3.63) is 0 Å². The van der Waals surface area contributed by atoms with Gasteiger partial charge in [0.15, 0.2) is 0 Å². The molecule has 0 bridgehead atoms. The van der Waals surface area contributed by atoms with Crippen LogP contribution in [0.1, 0.15) is 13.3 Å². The van der Waals surface area contributed by atoms with E-state index in [0.29, 0.717) is 6.42 Å². The molecule has 0 aromatic rings. The van der Waals surface area contributed by atoms with E-state index in [2.05, 4.69) is 5.92 Å². The van der Waals surface area contributed by atoms with Crippen LogP contribution < -0.4 is 0 Å². The van der Waals surface area contributed by atoms with Crippen LogP contribution in [0.4, 0.5) is 0 Å². The van der Waals surface area contributed by atoms with Crippen molar-refractivity contribution >= 4 is 18.2 Å². The topological polar surface area (TPSA) is 35.5 Å². The lowest BCUT2D eigenvalue weighted by atomic mass is 9.89. The molecule has 0 N–H and O–H groups in total. The van der Waals surface area contributed by atoms with Crippen LogP contribution in [0.25, 0.3) is 0 Å². The summed E-state index contributed by atoms with van der Waals surface area (Å²) >= 11 is 5.36. The summed E-state index contributed by atoms with van der Waals surface area (Å²) < 4.78 is 20.7. The van der Waals surface area contributed by atoms with Gasteiger partial charge in [-0.05, 0) is 0 Å². The summed E-state index contributed by atoms with van der Waals surface area (Å²) in [6.07, 6.45) is 5.68. The highest BCUT2D eigenvalue weighted by molar-refractivity contribution is 7.81. The van der Waals surface area contributed by atoms with Gasteiger partial charge in [-0.1, -0.05) is 6.92 Å². The SMILES string of the molecule is C#CCC1(C)COP(=O)(Cl)OC1. The molecule has 0 atom stereocenters. The smallest absolute Gasteiger partial charge is 0.296 e. The van der Waals surface area contributed by atoms with Crippen LogP contribution in [0.2, 0.25) is 0 Å². The van der Waals surface area contributed by atoms with E-state index >= 15 is 0 Å². The van der Waals surface area contributed by atoms with Crippen molar-refractivity contribution in [2.45, 2.75) is 13.3 Å². The second-order valence-electron chi connectivity index (χ2n) is 3.17. The quantitative estimate of drug-likeness (QED) is 0.490.